The van der Waals surface area contributed by atoms with E-state index in [2.05, 4.69) is 10.2 Å². The molecular formula is C50H86ClN3O14S. The van der Waals surface area contributed by atoms with Gasteiger partial charge in [-0.05, 0) is 137 Å². The number of ether oxygens (including phenoxy) is 6. The molecule has 0 aliphatic carbocycles. The van der Waals surface area contributed by atoms with E-state index >= 15 is 0 Å². The summed E-state index contributed by atoms with van der Waals surface area (Å²) in [5.41, 5.74) is -6.28. The average Bonchev–Trinajstić information content (AvgIpc) is 3.29. The molecule has 0 bridgehead atoms. The molecule has 69 heavy (non-hydrogen) atoms. The van der Waals surface area contributed by atoms with E-state index in [9.17, 15) is 38.7 Å². The molecule has 0 aromatic heterocycles. The van der Waals surface area contributed by atoms with Crippen molar-refractivity contribution in [3.05, 3.63) is 29.3 Å². The van der Waals surface area contributed by atoms with E-state index in [1.807, 2.05) is 20.8 Å². The second-order valence-corrected chi connectivity index (χ2v) is 23.8. The van der Waals surface area contributed by atoms with E-state index in [-0.39, 0.29) is 43.0 Å². The lowest BCUT2D eigenvalue weighted by atomic mass is 9.74. The van der Waals surface area contributed by atoms with Crippen LogP contribution in [0.3, 0.4) is 0 Å². The molecule has 17 nitrogen and oxygen atoms in total. The zero-order valence-electron chi connectivity index (χ0n) is 43.2. The summed E-state index contributed by atoms with van der Waals surface area (Å²) in [6.45, 7) is 21.3. The fourth-order valence-corrected chi connectivity index (χ4v) is 13.2. The van der Waals surface area contributed by atoms with Gasteiger partial charge in [-0.2, -0.15) is 4.31 Å². The Labute approximate surface area is 416 Å². The zero-order chi connectivity index (χ0) is 51.4. The number of hydrogen-bond acceptors (Lipinski definition) is 16. The molecule has 1 aromatic rings. The Kier molecular flexibility index (Phi) is 20.1. The highest BCUT2D eigenvalue weighted by molar-refractivity contribution is 7.89. The molecule has 4 heterocycles. The molecule has 5 rings (SSSR count). The number of aliphatic hydroxyl groups is 5. The molecule has 4 fully saturated rings. The van der Waals surface area contributed by atoms with Gasteiger partial charge in [-0.15, -0.1) is 0 Å². The van der Waals surface area contributed by atoms with Crippen LogP contribution in [-0.2, 0) is 43.2 Å². The largest absolute Gasteiger partial charge is 0.459 e. The number of aliphatic hydroxyl groups excluding tert-OH is 2. The third-order valence-corrected chi connectivity index (χ3v) is 17.9. The average molecular weight is 1020 g/mol. The van der Waals surface area contributed by atoms with Crippen LogP contribution < -0.4 is 5.32 Å². The van der Waals surface area contributed by atoms with Gasteiger partial charge in [-0.3, -0.25) is 4.79 Å². The number of nitrogens with zero attached hydrogens (tertiary/aromatic N) is 2. The molecule has 0 amide bonds. The molecule has 1 aromatic carbocycles. The number of esters is 1. The molecule has 18 atom stereocenters. The van der Waals surface area contributed by atoms with Crippen LogP contribution in [0, 0.1) is 17.8 Å². The summed E-state index contributed by atoms with van der Waals surface area (Å²) >= 11 is 6.13. The van der Waals surface area contributed by atoms with Gasteiger partial charge in [0.15, 0.2) is 12.6 Å². The van der Waals surface area contributed by atoms with Crippen molar-refractivity contribution in [2.24, 2.45) is 17.8 Å². The van der Waals surface area contributed by atoms with Crippen molar-refractivity contribution in [1.82, 2.24) is 14.5 Å². The lowest BCUT2D eigenvalue weighted by molar-refractivity contribution is -0.339. The number of sulfonamides is 1. The van der Waals surface area contributed by atoms with Crippen molar-refractivity contribution in [1.29, 1.82) is 0 Å². The smallest absolute Gasteiger partial charge is 0.311 e. The number of benzene rings is 1. The molecule has 0 spiro atoms. The Hall–Kier alpha value is -1.59. The summed E-state index contributed by atoms with van der Waals surface area (Å²) < 4.78 is 69.0. The van der Waals surface area contributed by atoms with Crippen molar-refractivity contribution < 1.29 is 67.2 Å². The van der Waals surface area contributed by atoms with Gasteiger partial charge in [0.05, 0.1) is 46.9 Å². The second kappa shape index (κ2) is 23.7. The van der Waals surface area contributed by atoms with Crippen LogP contribution in [0.15, 0.2) is 29.2 Å². The molecule has 19 heteroatoms. The minimum atomic E-state index is -4.17. The molecule has 4 aliphatic rings. The first kappa shape index (κ1) is 58.3. The second-order valence-electron chi connectivity index (χ2n) is 21.5. The minimum absolute atomic E-state index is 0.00781. The summed E-state index contributed by atoms with van der Waals surface area (Å²) in [4.78, 5) is 16.9. The van der Waals surface area contributed by atoms with Crippen LogP contribution in [0.5, 0.6) is 0 Å². The van der Waals surface area contributed by atoms with Crippen LogP contribution in [0.25, 0.3) is 0 Å². The number of carbonyl (C=O) groups excluding carboxylic acids is 1. The van der Waals surface area contributed by atoms with Crippen LogP contribution in [0.1, 0.15) is 128 Å². The quantitative estimate of drug-likeness (QED) is 0.148. The number of piperidine rings is 1. The molecule has 4 aliphatic heterocycles. The van der Waals surface area contributed by atoms with Gasteiger partial charge in [0, 0.05) is 43.6 Å². The third-order valence-electron chi connectivity index (χ3n) is 15.7. The first-order chi connectivity index (χ1) is 32.2. The van der Waals surface area contributed by atoms with E-state index in [4.69, 9.17) is 40.0 Å². The Morgan fingerprint density at radius 3 is 2.16 bits per heavy atom. The first-order valence-corrected chi connectivity index (χ1v) is 27.1. The van der Waals surface area contributed by atoms with Crippen LogP contribution in [-0.4, -0.2) is 179 Å². The van der Waals surface area contributed by atoms with Crippen LogP contribution >= 0.6 is 11.6 Å². The highest BCUT2D eigenvalue weighted by Crippen LogP contribution is 2.44. The molecule has 4 saturated heterocycles. The maximum atomic E-state index is 14.6. The van der Waals surface area contributed by atoms with Crippen LogP contribution in [0.4, 0.5) is 0 Å². The van der Waals surface area contributed by atoms with E-state index < -0.39 is 118 Å². The van der Waals surface area contributed by atoms with E-state index in [1.165, 1.54) is 42.6 Å². The summed E-state index contributed by atoms with van der Waals surface area (Å²) in [6, 6.07) is 4.16. The zero-order valence-corrected chi connectivity index (χ0v) is 44.7. The lowest BCUT2D eigenvalue weighted by Crippen LogP contribution is -2.70. The van der Waals surface area contributed by atoms with Gasteiger partial charge >= 0.3 is 5.97 Å². The van der Waals surface area contributed by atoms with Gasteiger partial charge in [-0.1, -0.05) is 45.7 Å². The molecule has 0 saturated carbocycles. The van der Waals surface area contributed by atoms with Crippen molar-refractivity contribution in [3.8, 4) is 0 Å². The van der Waals surface area contributed by atoms with E-state index in [0.29, 0.717) is 24.5 Å². The standard InChI is InChI=1S/C50H86ClN3O14S/c1-13-22-54(69(61,62)37-20-18-36(51)19-21-37)38-25-31(4)64-46(41(38)55)68-44-32(5)42(67-40-27-48(10,63-12)50(60,35(8)65-40)29-53-23-16-15-17-24-53)33(6)45(57)66-39(14-2)49(11,59)43(56)34(7)52-28-30(3)26-47(44,9)58/h18-21,30-35,38-44,46,52,55-56,58-60H,13-17,22-29H2,1-12H3/t30-,31-,32+,33-,34-,35+,38+,39-,40+,41-,42+,43-,44-,46+,47-,48-,49-,50+/m1/s1. The molecule has 0 unspecified atom stereocenters. The fourth-order valence-electron chi connectivity index (χ4n) is 11.4. The highest BCUT2D eigenvalue weighted by atomic mass is 35.5. The van der Waals surface area contributed by atoms with E-state index in [1.54, 1.807) is 48.5 Å². The number of nitrogens with one attached hydrogen (secondary N) is 1. The fraction of sp³-hybridized carbons (Fsp3) is 0.860. The number of hydrogen-bond donors (Lipinski definition) is 6. The number of halogens is 1. The Morgan fingerprint density at radius 2 is 1.57 bits per heavy atom. The molecule has 0 radical (unpaired) electrons. The van der Waals surface area contributed by atoms with Gasteiger partial charge in [-0.25, -0.2) is 8.42 Å². The monoisotopic (exact) mass is 1020 g/mol. The number of cyclic esters (lactones) is 1. The molecule has 6 N–H and O–H groups in total. The van der Waals surface area contributed by atoms with Gasteiger partial charge in [0.1, 0.15) is 35.1 Å². The van der Waals surface area contributed by atoms with Crippen molar-refractivity contribution in [2.75, 3.05) is 39.8 Å². The number of β-amino-alcohol motifs (C(OH)–C–C–N with tert-alkyl or cyclic N) is 1. The van der Waals surface area contributed by atoms with Crippen molar-refractivity contribution in [2.45, 2.75) is 222 Å². The van der Waals surface area contributed by atoms with Gasteiger partial charge in [0.2, 0.25) is 10.0 Å². The summed E-state index contributed by atoms with van der Waals surface area (Å²) in [6.07, 6.45) is -6.46. The lowest BCUT2D eigenvalue weighted by Gasteiger charge is -2.55. The van der Waals surface area contributed by atoms with Crippen LogP contribution in [0.2, 0.25) is 5.02 Å². The Bertz CT molecular complexity index is 1910. The predicted octanol–water partition coefficient (Wildman–Crippen LogP) is 4.61. The molecular weight excluding hydrogens is 934 g/mol. The summed E-state index contributed by atoms with van der Waals surface area (Å²) in [7, 11) is -2.63. The Balaban J connectivity index is 1.58. The first-order valence-electron chi connectivity index (χ1n) is 25.3. The topological polar surface area (TPSA) is 226 Å². The van der Waals surface area contributed by atoms with Crippen molar-refractivity contribution >= 4 is 27.6 Å². The number of rotatable bonds is 13. The number of carbonyl (C=O) groups is 1. The number of likely N-dealkylation sites (tertiary alicyclic amines) is 1. The van der Waals surface area contributed by atoms with Gasteiger partial charge < -0.3 is 64.2 Å². The normalized spacial score (nSPS) is 42.9. The van der Waals surface area contributed by atoms with Gasteiger partial charge in [0.25, 0.3) is 0 Å². The maximum absolute atomic E-state index is 14.6. The van der Waals surface area contributed by atoms with E-state index in [0.717, 1.165) is 32.4 Å². The predicted molar refractivity (Wildman–Crippen MR) is 261 cm³/mol. The Morgan fingerprint density at radius 1 is 0.928 bits per heavy atom. The minimum Gasteiger partial charge on any atom is -0.459 e. The number of methoxy groups -OCH3 is 1. The summed E-state index contributed by atoms with van der Waals surface area (Å²) in [5.74, 6) is -3.12. The third kappa shape index (κ3) is 13.0. The van der Waals surface area contributed by atoms with Crippen molar-refractivity contribution in [3.63, 3.8) is 0 Å². The molecule has 398 valence electrons. The summed E-state index contributed by atoms with van der Waals surface area (Å²) in [5, 5.41) is 64.7. The SMILES string of the molecule is CCCN([C@H]1C[C@@H](C)O[C@@H](O[C@@H]2[C@@H](C)[C@H](O[C@H]3C[C@@](C)(OC)[C@](O)(CN4CCCCC4)[C@H](C)O3)[C@@H](C)C(=O)O[C@H](CC)[C@@](C)(O)[C@H](O)[C@@H](C)NC[C@H](C)C[C@@]2(C)O)[C@@H]1O)S(=O)(=O)c1ccc(Cl)cc1. The highest BCUT2D eigenvalue weighted by Gasteiger charge is 2.59. The maximum Gasteiger partial charge on any atom is 0.311 e.